The van der Waals surface area contributed by atoms with Crippen molar-refractivity contribution in [3.8, 4) is 5.75 Å². The van der Waals surface area contributed by atoms with Gasteiger partial charge in [0.05, 0.1) is 7.11 Å². The average Bonchev–Trinajstić information content (AvgIpc) is 2.66. The molecule has 1 aromatic carbocycles. The smallest absolute Gasteiger partial charge is 0.119 e. The van der Waals surface area contributed by atoms with E-state index in [4.69, 9.17) is 4.74 Å². The normalized spacial score (nSPS) is 11.8. The number of methoxy groups -OCH3 is 1. The molecule has 2 rings (SSSR count). The van der Waals surface area contributed by atoms with Crippen LogP contribution in [0.1, 0.15) is 12.6 Å². The molecule has 0 amide bonds. The van der Waals surface area contributed by atoms with Gasteiger partial charge in [0.1, 0.15) is 5.75 Å². The first-order valence-electron chi connectivity index (χ1n) is 5.44. The summed E-state index contributed by atoms with van der Waals surface area (Å²) < 4.78 is 7.37. The highest BCUT2D eigenvalue weighted by Crippen LogP contribution is 2.27. The second kappa shape index (κ2) is 4.45. The molecule has 0 aliphatic rings. The molecular formula is C14H16N2O. The molecule has 0 aliphatic heterocycles. The number of hydrogen-bond acceptors (Lipinski definition) is 2. The van der Waals surface area contributed by atoms with Crippen LogP contribution in [0.4, 0.5) is 0 Å². The van der Waals surface area contributed by atoms with E-state index in [9.17, 15) is 0 Å². The molecule has 17 heavy (non-hydrogen) atoms. The lowest BCUT2D eigenvalue weighted by molar-refractivity contribution is 0.415. The van der Waals surface area contributed by atoms with Crippen LogP contribution in [0.15, 0.2) is 35.5 Å². The van der Waals surface area contributed by atoms with Crippen molar-refractivity contribution in [2.45, 2.75) is 6.92 Å². The van der Waals surface area contributed by atoms with Crippen LogP contribution in [0.2, 0.25) is 0 Å². The number of allylic oxidation sites excluding steroid dienone is 1. The Balaban J connectivity index is 2.63. The van der Waals surface area contributed by atoms with Crippen LogP contribution in [0, 0.1) is 0 Å². The minimum atomic E-state index is 0.873. The lowest BCUT2D eigenvalue weighted by Crippen LogP contribution is -1.93. The van der Waals surface area contributed by atoms with E-state index in [1.54, 1.807) is 13.3 Å². The Morgan fingerprint density at radius 2 is 2.18 bits per heavy atom. The van der Waals surface area contributed by atoms with E-state index in [-0.39, 0.29) is 0 Å². The van der Waals surface area contributed by atoms with Gasteiger partial charge in [-0.15, -0.1) is 0 Å². The third-order valence-electron chi connectivity index (χ3n) is 2.94. The lowest BCUT2D eigenvalue weighted by Gasteiger charge is -2.03. The Hall–Kier alpha value is -2.03. The van der Waals surface area contributed by atoms with Crippen molar-refractivity contribution in [1.82, 2.24) is 4.57 Å². The summed E-state index contributed by atoms with van der Waals surface area (Å²) in [4.78, 5) is 3.81. The summed E-state index contributed by atoms with van der Waals surface area (Å²) in [7, 11) is 3.72. The van der Waals surface area contributed by atoms with Crippen molar-refractivity contribution in [1.29, 1.82) is 0 Å². The van der Waals surface area contributed by atoms with Gasteiger partial charge in [-0.25, -0.2) is 0 Å². The van der Waals surface area contributed by atoms with E-state index >= 15 is 0 Å². The van der Waals surface area contributed by atoms with Gasteiger partial charge in [-0.05, 0) is 43.5 Å². The monoisotopic (exact) mass is 228 g/mol. The molecule has 2 aromatic rings. The maximum Gasteiger partial charge on any atom is 0.119 e. The summed E-state index contributed by atoms with van der Waals surface area (Å²) in [5.74, 6) is 0.873. The molecule has 3 nitrogen and oxygen atoms in total. The number of nitrogens with zero attached hydrogens (tertiary/aromatic N) is 2. The predicted octanol–water partition coefficient (Wildman–Crippen LogP) is 3.25. The molecule has 88 valence electrons. The molecule has 0 spiro atoms. The van der Waals surface area contributed by atoms with Gasteiger partial charge in [0.2, 0.25) is 0 Å². The molecule has 0 radical (unpaired) electrons. The second-order valence-corrected chi connectivity index (χ2v) is 4.01. The average molecular weight is 228 g/mol. The van der Waals surface area contributed by atoms with Crippen molar-refractivity contribution in [2.24, 2.45) is 12.0 Å². The molecule has 0 saturated heterocycles. The zero-order valence-electron chi connectivity index (χ0n) is 10.4. The topological polar surface area (TPSA) is 26.5 Å². The van der Waals surface area contributed by atoms with Gasteiger partial charge in [-0.3, -0.25) is 4.99 Å². The molecule has 0 N–H and O–H groups in total. The van der Waals surface area contributed by atoms with Crippen LogP contribution in [0.25, 0.3) is 16.5 Å². The Labute approximate surface area is 101 Å². The van der Waals surface area contributed by atoms with Crippen LogP contribution < -0.4 is 4.74 Å². The maximum absolute atomic E-state index is 5.23. The van der Waals surface area contributed by atoms with Gasteiger partial charge >= 0.3 is 0 Å². The van der Waals surface area contributed by atoms with Crippen molar-refractivity contribution < 1.29 is 4.74 Å². The Morgan fingerprint density at radius 1 is 1.41 bits per heavy atom. The molecule has 0 fully saturated rings. The zero-order valence-corrected chi connectivity index (χ0v) is 10.4. The van der Waals surface area contributed by atoms with E-state index in [0.29, 0.717) is 0 Å². The molecule has 1 heterocycles. The highest BCUT2D eigenvalue weighted by atomic mass is 16.5. The second-order valence-electron chi connectivity index (χ2n) is 4.01. The van der Waals surface area contributed by atoms with Crippen molar-refractivity contribution in [2.75, 3.05) is 7.11 Å². The van der Waals surface area contributed by atoms with E-state index in [1.807, 2.05) is 26.1 Å². The van der Waals surface area contributed by atoms with E-state index in [0.717, 1.165) is 17.0 Å². The number of aromatic nitrogens is 1. The van der Waals surface area contributed by atoms with Crippen LogP contribution in [0.3, 0.4) is 0 Å². The van der Waals surface area contributed by atoms with Gasteiger partial charge in [-0.1, -0.05) is 0 Å². The van der Waals surface area contributed by atoms with Crippen molar-refractivity contribution >= 4 is 23.2 Å². The number of benzene rings is 1. The highest BCUT2D eigenvalue weighted by Gasteiger charge is 2.07. The van der Waals surface area contributed by atoms with Crippen molar-refractivity contribution in [3.05, 3.63) is 36.2 Å². The Morgan fingerprint density at radius 3 is 2.82 bits per heavy atom. The molecule has 0 unspecified atom stereocenters. The fraction of sp³-hybridized carbons (Fsp3) is 0.214. The summed E-state index contributed by atoms with van der Waals surface area (Å²) in [6, 6.07) is 8.20. The summed E-state index contributed by atoms with van der Waals surface area (Å²) in [6.07, 6.45) is 1.77. The van der Waals surface area contributed by atoms with E-state index < -0.39 is 0 Å². The number of ether oxygens (including phenoxy) is 1. The van der Waals surface area contributed by atoms with Crippen LogP contribution in [-0.4, -0.2) is 18.4 Å². The summed E-state index contributed by atoms with van der Waals surface area (Å²) >= 11 is 0. The number of aryl methyl sites for hydroxylation is 1. The highest BCUT2D eigenvalue weighted by molar-refractivity contribution is 5.86. The third-order valence-corrected chi connectivity index (χ3v) is 2.94. The zero-order chi connectivity index (χ0) is 12.4. The largest absolute Gasteiger partial charge is 0.497 e. The standard InChI is InChI=1S/C14H16N2O/c1-10(9-15-2)14-8-11-7-12(17-4)5-6-13(11)16(14)3/h5-9H,2H2,1,3-4H3. The van der Waals surface area contributed by atoms with Crippen LogP contribution in [-0.2, 0) is 7.05 Å². The molecule has 3 heteroatoms. The first-order chi connectivity index (χ1) is 8.17. The van der Waals surface area contributed by atoms with Gasteiger partial charge < -0.3 is 9.30 Å². The Kier molecular flexibility index (Phi) is 3.00. The van der Waals surface area contributed by atoms with Gasteiger partial charge in [0.15, 0.2) is 0 Å². The summed E-state index contributed by atoms with van der Waals surface area (Å²) in [5, 5.41) is 1.17. The van der Waals surface area contributed by atoms with Gasteiger partial charge in [0, 0.05) is 29.8 Å². The number of aliphatic imine (C=N–C) groups is 1. The van der Waals surface area contributed by atoms with Crippen LogP contribution >= 0.6 is 0 Å². The fourth-order valence-electron chi connectivity index (χ4n) is 2.04. The molecule has 0 atom stereocenters. The molecule has 1 aromatic heterocycles. The van der Waals surface area contributed by atoms with E-state index in [1.165, 1.54) is 10.9 Å². The summed E-state index contributed by atoms with van der Waals surface area (Å²) in [6.45, 7) is 5.51. The quantitative estimate of drug-likeness (QED) is 0.741. The SMILES string of the molecule is C=NC=C(C)c1cc2cc(OC)ccc2n1C. The minimum Gasteiger partial charge on any atom is -0.497 e. The molecule has 0 bridgehead atoms. The third kappa shape index (κ3) is 1.96. The number of hydrogen-bond donors (Lipinski definition) is 0. The lowest BCUT2D eigenvalue weighted by atomic mass is 10.2. The fourth-order valence-corrected chi connectivity index (χ4v) is 2.04. The number of fused-ring (bicyclic) bond motifs is 1. The minimum absolute atomic E-state index is 0.873. The summed E-state index contributed by atoms with van der Waals surface area (Å²) in [5.41, 5.74) is 3.41. The maximum atomic E-state index is 5.23. The van der Waals surface area contributed by atoms with Gasteiger partial charge in [0.25, 0.3) is 0 Å². The first kappa shape index (κ1) is 11.5. The van der Waals surface area contributed by atoms with Crippen molar-refractivity contribution in [3.63, 3.8) is 0 Å². The predicted molar refractivity (Wildman–Crippen MR) is 72.7 cm³/mol. The molecular weight excluding hydrogens is 212 g/mol. The Bertz CT molecular complexity index is 594. The molecule has 0 aliphatic carbocycles. The van der Waals surface area contributed by atoms with Gasteiger partial charge in [-0.2, -0.15) is 0 Å². The van der Waals surface area contributed by atoms with E-state index in [2.05, 4.69) is 28.4 Å². The first-order valence-corrected chi connectivity index (χ1v) is 5.44. The van der Waals surface area contributed by atoms with Crippen LogP contribution in [0.5, 0.6) is 5.75 Å². The molecule has 0 saturated carbocycles. The number of rotatable bonds is 3.